The predicted molar refractivity (Wildman–Crippen MR) is 97.5 cm³/mol. The monoisotopic (exact) mass is 386 g/mol. The van der Waals surface area contributed by atoms with Gasteiger partial charge in [-0.15, -0.1) is 0 Å². The van der Waals surface area contributed by atoms with Gasteiger partial charge in [-0.2, -0.15) is 5.26 Å². The minimum atomic E-state index is -1.12. The molecule has 0 saturated heterocycles. The second-order valence-corrected chi connectivity index (χ2v) is 5.48. The first-order valence-corrected chi connectivity index (χ1v) is 7.65. The lowest BCUT2D eigenvalue weighted by molar-refractivity contribution is -0.384. The lowest BCUT2D eigenvalue weighted by atomic mass is 10.2. The zero-order valence-corrected chi connectivity index (χ0v) is 14.2. The van der Waals surface area contributed by atoms with Gasteiger partial charge in [-0.05, 0) is 30.3 Å². The van der Waals surface area contributed by atoms with Crippen molar-refractivity contribution < 1.29 is 19.6 Å². The van der Waals surface area contributed by atoms with E-state index >= 15 is 0 Å². The van der Waals surface area contributed by atoms with Crippen molar-refractivity contribution in [3.8, 4) is 6.07 Å². The summed E-state index contributed by atoms with van der Waals surface area (Å²) in [6.07, 6.45) is 1.10. The smallest absolute Gasteiger partial charge is 0.335 e. The van der Waals surface area contributed by atoms with Crippen LogP contribution in [0.1, 0.15) is 10.4 Å². The maximum atomic E-state index is 12.2. The number of aromatic carboxylic acids is 1. The van der Waals surface area contributed by atoms with Crippen LogP contribution >= 0.6 is 11.6 Å². The van der Waals surface area contributed by atoms with Crippen LogP contribution in [0.5, 0.6) is 0 Å². The standard InChI is InChI=1S/C17H11ClN4O5/c18-14-5-4-13(7-15(14)22(26)27)21-16(23)11(8-19)9-20-12-3-1-2-10(6-12)17(24)25/h1-7,9,20H,(H,21,23)(H,24,25)/b11-9-. The molecule has 0 atom stereocenters. The molecule has 2 aromatic rings. The highest BCUT2D eigenvalue weighted by Gasteiger charge is 2.15. The van der Waals surface area contributed by atoms with Gasteiger partial charge in [0.05, 0.1) is 10.5 Å². The Kier molecular flexibility index (Phi) is 6.09. The number of halogens is 1. The molecule has 0 bridgehead atoms. The number of hydrogen-bond acceptors (Lipinski definition) is 6. The van der Waals surface area contributed by atoms with Gasteiger partial charge < -0.3 is 15.7 Å². The lowest BCUT2D eigenvalue weighted by Gasteiger charge is -2.06. The Balaban J connectivity index is 2.16. The Labute approximate surface area is 157 Å². The minimum Gasteiger partial charge on any atom is -0.478 e. The number of nitro benzene ring substituents is 1. The van der Waals surface area contributed by atoms with E-state index in [9.17, 15) is 19.7 Å². The van der Waals surface area contributed by atoms with Crippen molar-refractivity contribution in [1.29, 1.82) is 5.26 Å². The largest absolute Gasteiger partial charge is 0.478 e. The Bertz CT molecular complexity index is 997. The van der Waals surface area contributed by atoms with Crippen LogP contribution in [0.25, 0.3) is 0 Å². The summed E-state index contributed by atoms with van der Waals surface area (Å²) < 4.78 is 0. The number of nitrogens with zero attached hydrogens (tertiary/aromatic N) is 2. The second kappa shape index (κ2) is 8.46. The number of carboxylic acid groups (broad SMARTS) is 1. The summed E-state index contributed by atoms with van der Waals surface area (Å²) in [5.74, 6) is -1.93. The Morgan fingerprint density at radius 3 is 2.59 bits per heavy atom. The van der Waals surface area contributed by atoms with E-state index in [-0.39, 0.29) is 27.5 Å². The Hall–Kier alpha value is -3.90. The molecule has 2 aromatic carbocycles. The highest BCUT2D eigenvalue weighted by Crippen LogP contribution is 2.27. The quantitative estimate of drug-likeness (QED) is 0.298. The van der Waals surface area contributed by atoms with Gasteiger partial charge in [0, 0.05) is 23.6 Å². The molecule has 0 heterocycles. The van der Waals surface area contributed by atoms with Crippen LogP contribution in [-0.4, -0.2) is 21.9 Å². The lowest BCUT2D eigenvalue weighted by Crippen LogP contribution is -2.14. The number of carboxylic acids is 1. The zero-order chi connectivity index (χ0) is 20.0. The third-order valence-electron chi connectivity index (χ3n) is 3.26. The number of hydrogen-bond donors (Lipinski definition) is 3. The summed E-state index contributed by atoms with van der Waals surface area (Å²) >= 11 is 5.70. The summed E-state index contributed by atoms with van der Waals surface area (Å²) in [7, 11) is 0. The first-order valence-electron chi connectivity index (χ1n) is 7.27. The fourth-order valence-corrected chi connectivity index (χ4v) is 2.16. The van der Waals surface area contributed by atoms with Crippen molar-refractivity contribution in [3.63, 3.8) is 0 Å². The molecule has 136 valence electrons. The van der Waals surface area contributed by atoms with Crippen molar-refractivity contribution in [2.45, 2.75) is 0 Å². The summed E-state index contributed by atoms with van der Waals surface area (Å²) in [4.78, 5) is 33.3. The molecule has 0 radical (unpaired) electrons. The molecule has 9 nitrogen and oxygen atoms in total. The van der Waals surface area contributed by atoms with Gasteiger partial charge >= 0.3 is 5.97 Å². The van der Waals surface area contributed by atoms with Crippen LogP contribution in [0.3, 0.4) is 0 Å². The van der Waals surface area contributed by atoms with Crippen molar-refractivity contribution in [2.24, 2.45) is 0 Å². The predicted octanol–water partition coefficient (Wildman–Crippen LogP) is 3.40. The molecule has 27 heavy (non-hydrogen) atoms. The Morgan fingerprint density at radius 2 is 1.96 bits per heavy atom. The molecule has 0 aromatic heterocycles. The van der Waals surface area contributed by atoms with Crippen LogP contribution in [0.15, 0.2) is 54.2 Å². The minimum absolute atomic E-state index is 0.0323. The van der Waals surface area contributed by atoms with Gasteiger partial charge in [0.2, 0.25) is 0 Å². The SMILES string of the molecule is N#C/C(=C/Nc1cccc(C(=O)O)c1)C(=O)Nc1ccc(Cl)c([N+](=O)[O-])c1. The highest BCUT2D eigenvalue weighted by molar-refractivity contribution is 6.32. The number of nitrogens with one attached hydrogen (secondary N) is 2. The average Bonchev–Trinajstić information content (AvgIpc) is 2.63. The number of carbonyl (C=O) groups excluding carboxylic acids is 1. The van der Waals surface area contributed by atoms with Gasteiger partial charge in [0.1, 0.15) is 16.7 Å². The molecule has 0 unspecified atom stereocenters. The summed E-state index contributed by atoms with van der Waals surface area (Å²) in [5.41, 5.74) is -0.235. The van der Waals surface area contributed by atoms with E-state index < -0.39 is 16.8 Å². The van der Waals surface area contributed by atoms with Crippen LogP contribution in [0, 0.1) is 21.4 Å². The second-order valence-electron chi connectivity index (χ2n) is 5.08. The van der Waals surface area contributed by atoms with Crippen LogP contribution in [0.4, 0.5) is 17.1 Å². The number of nitro groups is 1. The van der Waals surface area contributed by atoms with Gasteiger partial charge in [-0.3, -0.25) is 14.9 Å². The molecular weight excluding hydrogens is 376 g/mol. The fourth-order valence-electron chi connectivity index (χ4n) is 1.97. The maximum absolute atomic E-state index is 12.2. The molecule has 3 N–H and O–H groups in total. The van der Waals surface area contributed by atoms with Crippen LogP contribution in [-0.2, 0) is 4.79 Å². The maximum Gasteiger partial charge on any atom is 0.335 e. The third-order valence-corrected chi connectivity index (χ3v) is 3.58. The van der Waals surface area contributed by atoms with Gasteiger partial charge in [0.25, 0.3) is 11.6 Å². The zero-order valence-electron chi connectivity index (χ0n) is 13.5. The van der Waals surface area contributed by atoms with E-state index in [0.29, 0.717) is 5.69 Å². The molecule has 0 aliphatic rings. The number of benzene rings is 2. The molecule has 1 amide bonds. The van der Waals surface area contributed by atoms with E-state index in [1.165, 1.54) is 30.3 Å². The molecule has 2 rings (SSSR count). The number of anilines is 2. The average molecular weight is 387 g/mol. The first-order chi connectivity index (χ1) is 12.8. The van der Waals surface area contributed by atoms with Crippen LogP contribution in [0.2, 0.25) is 5.02 Å². The summed E-state index contributed by atoms with van der Waals surface area (Å²) in [6, 6.07) is 11.1. The van der Waals surface area contributed by atoms with Gasteiger partial charge in [-0.1, -0.05) is 17.7 Å². The van der Waals surface area contributed by atoms with Crippen molar-refractivity contribution >= 4 is 40.5 Å². The van der Waals surface area contributed by atoms with Crippen LogP contribution < -0.4 is 10.6 Å². The topological polar surface area (TPSA) is 145 Å². The molecule has 0 spiro atoms. The van der Waals surface area contributed by atoms with Crippen molar-refractivity contribution in [1.82, 2.24) is 0 Å². The van der Waals surface area contributed by atoms with E-state index in [4.69, 9.17) is 22.0 Å². The van der Waals surface area contributed by atoms with E-state index in [2.05, 4.69) is 10.6 Å². The normalized spacial score (nSPS) is 10.6. The van der Waals surface area contributed by atoms with Gasteiger partial charge in [-0.25, -0.2) is 4.79 Å². The third kappa shape index (κ3) is 5.04. The van der Waals surface area contributed by atoms with Gasteiger partial charge in [0.15, 0.2) is 0 Å². The number of amides is 1. The van der Waals surface area contributed by atoms with E-state index in [0.717, 1.165) is 12.3 Å². The molecule has 0 fully saturated rings. The fraction of sp³-hybridized carbons (Fsp3) is 0. The van der Waals surface area contributed by atoms with Crippen molar-refractivity contribution in [3.05, 3.63) is 74.9 Å². The first kappa shape index (κ1) is 19.4. The Morgan fingerprint density at radius 1 is 1.22 bits per heavy atom. The number of nitriles is 1. The molecule has 0 aliphatic carbocycles. The molecular formula is C17H11ClN4O5. The number of carbonyl (C=O) groups is 2. The molecule has 10 heteroatoms. The highest BCUT2D eigenvalue weighted by atomic mass is 35.5. The molecule has 0 aliphatic heterocycles. The van der Waals surface area contributed by atoms with E-state index in [1.807, 2.05) is 0 Å². The number of rotatable bonds is 6. The molecule has 0 saturated carbocycles. The van der Waals surface area contributed by atoms with Crippen molar-refractivity contribution in [2.75, 3.05) is 10.6 Å². The summed E-state index contributed by atoms with van der Waals surface area (Å²) in [5, 5.41) is 33.9. The van der Waals surface area contributed by atoms with E-state index in [1.54, 1.807) is 12.1 Å². The summed E-state index contributed by atoms with van der Waals surface area (Å²) in [6.45, 7) is 0.